The average molecular weight is 291 g/mol. The summed E-state index contributed by atoms with van der Waals surface area (Å²) in [5, 5.41) is 0. The van der Waals surface area contributed by atoms with Gasteiger partial charge >= 0.3 is 0 Å². The molecule has 20 heavy (non-hydrogen) atoms. The summed E-state index contributed by atoms with van der Waals surface area (Å²) >= 11 is 0. The van der Waals surface area contributed by atoms with Gasteiger partial charge in [0, 0.05) is 5.69 Å². The van der Waals surface area contributed by atoms with E-state index in [1.807, 2.05) is 4.72 Å². The molecule has 0 atom stereocenters. The highest BCUT2D eigenvalue weighted by atomic mass is 32.2. The van der Waals surface area contributed by atoms with E-state index in [0.29, 0.717) is 0 Å². The zero-order valence-corrected chi connectivity index (χ0v) is 11.2. The zero-order valence-electron chi connectivity index (χ0n) is 10.4. The second-order valence-electron chi connectivity index (χ2n) is 4.06. The SMILES string of the molecule is Nc1ccccc1C(=O)NS(=O)(=O)c1ccccc1N. The van der Waals surface area contributed by atoms with Gasteiger partial charge in [0.05, 0.1) is 11.3 Å². The highest BCUT2D eigenvalue weighted by molar-refractivity contribution is 7.90. The van der Waals surface area contributed by atoms with Crippen LogP contribution in [0.15, 0.2) is 53.4 Å². The number of hydrogen-bond acceptors (Lipinski definition) is 5. The van der Waals surface area contributed by atoms with E-state index in [2.05, 4.69) is 0 Å². The predicted octanol–water partition coefficient (Wildman–Crippen LogP) is 0.970. The molecule has 0 saturated heterocycles. The Hall–Kier alpha value is -2.54. The van der Waals surface area contributed by atoms with Gasteiger partial charge < -0.3 is 11.5 Å². The molecule has 104 valence electrons. The van der Waals surface area contributed by atoms with Crippen molar-refractivity contribution in [3.05, 3.63) is 54.1 Å². The molecule has 0 aliphatic carbocycles. The quantitative estimate of drug-likeness (QED) is 0.729. The molecule has 6 nitrogen and oxygen atoms in total. The topological polar surface area (TPSA) is 115 Å². The number of anilines is 2. The first kappa shape index (κ1) is 13.9. The second kappa shape index (κ2) is 5.22. The van der Waals surface area contributed by atoms with E-state index >= 15 is 0 Å². The Labute approximate surface area is 116 Å². The van der Waals surface area contributed by atoms with Crippen molar-refractivity contribution in [1.29, 1.82) is 0 Å². The van der Waals surface area contributed by atoms with Crippen LogP contribution in [0.5, 0.6) is 0 Å². The van der Waals surface area contributed by atoms with E-state index in [0.717, 1.165) is 0 Å². The first-order chi connectivity index (χ1) is 9.42. The monoisotopic (exact) mass is 291 g/mol. The van der Waals surface area contributed by atoms with E-state index in [1.54, 1.807) is 18.2 Å². The van der Waals surface area contributed by atoms with E-state index in [-0.39, 0.29) is 21.8 Å². The second-order valence-corrected chi connectivity index (χ2v) is 5.71. The maximum atomic E-state index is 12.1. The zero-order chi connectivity index (χ0) is 14.8. The number of sulfonamides is 1. The fourth-order valence-electron chi connectivity index (χ4n) is 1.66. The van der Waals surface area contributed by atoms with Crippen LogP contribution in [0.25, 0.3) is 0 Å². The molecule has 0 aliphatic rings. The molecule has 2 aromatic carbocycles. The number of benzene rings is 2. The fourth-order valence-corrected chi connectivity index (χ4v) is 2.76. The van der Waals surface area contributed by atoms with E-state index < -0.39 is 15.9 Å². The minimum Gasteiger partial charge on any atom is -0.398 e. The van der Waals surface area contributed by atoms with Crippen LogP contribution in [0.4, 0.5) is 11.4 Å². The first-order valence-corrected chi connectivity index (χ1v) is 7.16. The smallest absolute Gasteiger partial charge is 0.267 e. The molecule has 1 amide bonds. The van der Waals surface area contributed by atoms with Crippen molar-refractivity contribution < 1.29 is 13.2 Å². The third kappa shape index (κ3) is 2.72. The van der Waals surface area contributed by atoms with Gasteiger partial charge in [-0.15, -0.1) is 0 Å². The van der Waals surface area contributed by atoms with Crippen LogP contribution in [0.3, 0.4) is 0 Å². The van der Waals surface area contributed by atoms with Gasteiger partial charge in [0.2, 0.25) is 0 Å². The molecule has 0 spiro atoms. The highest BCUT2D eigenvalue weighted by Crippen LogP contribution is 2.18. The maximum Gasteiger partial charge on any atom is 0.267 e. The largest absolute Gasteiger partial charge is 0.398 e. The molecule has 0 radical (unpaired) electrons. The summed E-state index contributed by atoms with van der Waals surface area (Å²) < 4.78 is 26.1. The molecule has 2 aromatic rings. The summed E-state index contributed by atoms with van der Waals surface area (Å²) in [6, 6.07) is 12.1. The van der Waals surface area contributed by atoms with E-state index in [9.17, 15) is 13.2 Å². The van der Waals surface area contributed by atoms with Gasteiger partial charge in [-0.2, -0.15) is 0 Å². The third-order valence-corrected chi connectivity index (χ3v) is 4.05. The fraction of sp³-hybridized carbons (Fsp3) is 0. The molecule has 0 bridgehead atoms. The molecular formula is C13H13N3O3S. The van der Waals surface area contributed by atoms with Gasteiger partial charge in [-0.05, 0) is 24.3 Å². The molecule has 0 heterocycles. The minimum atomic E-state index is -4.04. The number of amides is 1. The summed E-state index contributed by atoms with van der Waals surface area (Å²) in [4.78, 5) is 11.8. The van der Waals surface area contributed by atoms with Crippen LogP contribution in [-0.2, 0) is 10.0 Å². The first-order valence-electron chi connectivity index (χ1n) is 5.68. The lowest BCUT2D eigenvalue weighted by Crippen LogP contribution is -2.31. The van der Waals surface area contributed by atoms with Crippen molar-refractivity contribution in [1.82, 2.24) is 4.72 Å². The Balaban J connectivity index is 2.33. The van der Waals surface area contributed by atoms with Gasteiger partial charge in [0.15, 0.2) is 0 Å². The number of carbonyl (C=O) groups is 1. The normalized spacial score (nSPS) is 11.0. The molecule has 0 aliphatic heterocycles. The number of para-hydroxylation sites is 2. The Morgan fingerprint density at radius 3 is 2.05 bits per heavy atom. The van der Waals surface area contributed by atoms with Crippen molar-refractivity contribution in [3.8, 4) is 0 Å². The van der Waals surface area contributed by atoms with Crippen LogP contribution in [0, 0.1) is 0 Å². The van der Waals surface area contributed by atoms with Crippen LogP contribution in [0.1, 0.15) is 10.4 Å². The lowest BCUT2D eigenvalue weighted by molar-refractivity contribution is 0.0982. The Morgan fingerprint density at radius 2 is 1.45 bits per heavy atom. The van der Waals surface area contributed by atoms with Crippen LogP contribution in [0.2, 0.25) is 0 Å². The summed E-state index contributed by atoms with van der Waals surface area (Å²) in [5.41, 5.74) is 11.6. The predicted molar refractivity (Wildman–Crippen MR) is 76.4 cm³/mol. The molecule has 5 N–H and O–H groups in total. The Morgan fingerprint density at radius 1 is 0.900 bits per heavy atom. The summed E-state index contributed by atoms with van der Waals surface area (Å²) in [5.74, 6) is -0.800. The summed E-state index contributed by atoms with van der Waals surface area (Å²) in [6.07, 6.45) is 0. The Bertz CT molecular complexity index is 757. The summed E-state index contributed by atoms with van der Waals surface area (Å²) in [6.45, 7) is 0. The lowest BCUT2D eigenvalue weighted by Gasteiger charge is -2.10. The minimum absolute atomic E-state index is 0.0637. The Kier molecular flexibility index (Phi) is 3.62. The maximum absolute atomic E-state index is 12.1. The van der Waals surface area contributed by atoms with Gasteiger partial charge in [-0.1, -0.05) is 24.3 Å². The molecule has 0 fully saturated rings. The molecular weight excluding hydrogens is 278 g/mol. The van der Waals surface area contributed by atoms with Crippen molar-refractivity contribution >= 4 is 27.3 Å². The van der Waals surface area contributed by atoms with Gasteiger partial charge in [0.1, 0.15) is 4.90 Å². The average Bonchev–Trinajstić information content (AvgIpc) is 2.38. The molecule has 0 unspecified atom stereocenters. The van der Waals surface area contributed by atoms with Gasteiger partial charge in [-0.25, -0.2) is 13.1 Å². The number of nitrogens with two attached hydrogens (primary N) is 2. The van der Waals surface area contributed by atoms with Gasteiger partial charge in [-0.3, -0.25) is 4.79 Å². The summed E-state index contributed by atoms with van der Waals surface area (Å²) in [7, 11) is -4.04. The van der Waals surface area contributed by atoms with Crippen molar-refractivity contribution in [2.75, 3.05) is 11.5 Å². The van der Waals surface area contributed by atoms with E-state index in [1.165, 1.54) is 30.3 Å². The number of rotatable bonds is 3. The lowest BCUT2D eigenvalue weighted by atomic mass is 10.2. The molecule has 0 aromatic heterocycles. The standard InChI is InChI=1S/C13H13N3O3S/c14-10-6-2-1-5-9(10)13(17)16-20(18,19)12-8-4-3-7-11(12)15/h1-8H,14-15H2,(H,16,17). The van der Waals surface area contributed by atoms with Crippen LogP contribution >= 0.6 is 0 Å². The van der Waals surface area contributed by atoms with Crippen molar-refractivity contribution in [2.24, 2.45) is 0 Å². The molecule has 2 rings (SSSR count). The van der Waals surface area contributed by atoms with Gasteiger partial charge in [0.25, 0.3) is 15.9 Å². The number of nitrogens with one attached hydrogen (secondary N) is 1. The third-order valence-electron chi connectivity index (χ3n) is 2.64. The number of nitrogen functional groups attached to an aromatic ring is 2. The number of hydrogen-bond donors (Lipinski definition) is 3. The van der Waals surface area contributed by atoms with Crippen molar-refractivity contribution in [2.45, 2.75) is 4.90 Å². The van der Waals surface area contributed by atoms with Crippen LogP contribution in [-0.4, -0.2) is 14.3 Å². The van der Waals surface area contributed by atoms with Crippen LogP contribution < -0.4 is 16.2 Å². The molecule has 7 heteroatoms. The highest BCUT2D eigenvalue weighted by Gasteiger charge is 2.21. The van der Waals surface area contributed by atoms with E-state index in [4.69, 9.17) is 11.5 Å². The van der Waals surface area contributed by atoms with Crippen molar-refractivity contribution in [3.63, 3.8) is 0 Å². The number of carbonyl (C=O) groups excluding carboxylic acids is 1. The molecule has 0 saturated carbocycles.